The van der Waals surface area contributed by atoms with Gasteiger partial charge in [-0.25, -0.2) is 22.6 Å². The summed E-state index contributed by atoms with van der Waals surface area (Å²) in [6, 6.07) is 6.16. The molecule has 0 amide bonds. The van der Waals surface area contributed by atoms with Crippen LogP contribution >= 0.6 is 0 Å². The zero-order valence-corrected chi connectivity index (χ0v) is 17.5. The Kier molecular flexibility index (Phi) is 5.42. The molecule has 3 atom stereocenters. The van der Waals surface area contributed by atoms with E-state index in [1.807, 2.05) is 0 Å². The number of alkyl halides is 3. The minimum absolute atomic E-state index is 0.119. The SMILES string of the molecule is Cc1ccc(C(=O)Cc2ccc(F)c([C@@]3(C)N=C(N)O[C@H](C(F)(F)C4CC4)[C@@H]3F)c2)nn1. The lowest BCUT2D eigenvalue weighted by Crippen LogP contribution is -2.57. The first-order chi connectivity index (χ1) is 15.0. The Morgan fingerprint density at radius 3 is 2.59 bits per heavy atom. The van der Waals surface area contributed by atoms with Crippen molar-refractivity contribution >= 4 is 11.8 Å². The summed E-state index contributed by atoms with van der Waals surface area (Å²) in [5.41, 5.74) is 4.37. The van der Waals surface area contributed by atoms with Gasteiger partial charge >= 0.3 is 0 Å². The van der Waals surface area contributed by atoms with E-state index in [1.54, 1.807) is 13.0 Å². The summed E-state index contributed by atoms with van der Waals surface area (Å²) >= 11 is 0. The topological polar surface area (TPSA) is 90.5 Å². The van der Waals surface area contributed by atoms with Crippen molar-refractivity contribution in [1.82, 2.24) is 10.2 Å². The highest BCUT2D eigenvalue weighted by Crippen LogP contribution is 2.51. The number of ketones is 1. The average molecular weight is 450 g/mol. The number of ether oxygens (including phenoxy) is 1. The zero-order valence-electron chi connectivity index (χ0n) is 17.5. The monoisotopic (exact) mass is 450 g/mol. The second-order valence-corrected chi connectivity index (χ2v) is 8.46. The van der Waals surface area contributed by atoms with Crippen molar-refractivity contribution in [1.29, 1.82) is 0 Å². The molecule has 1 aromatic heterocycles. The summed E-state index contributed by atoms with van der Waals surface area (Å²) in [6.45, 7) is 2.92. The molecule has 4 rings (SSSR count). The van der Waals surface area contributed by atoms with Crippen molar-refractivity contribution in [3.05, 3.63) is 58.7 Å². The molecular weight excluding hydrogens is 428 g/mol. The Bertz CT molecular complexity index is 1070. The largest absolute Gasteiger partial charge is 0.452 e. The number of aliphatic imine (C=N–C) groups is 1. The minimum atomic E-state index is -3.48. The van der Waals surface area contributed by atoms with Crippen LogP contribution < -0.4 is 5.73 Å². The minimum Gasteiger partial charge on any atom is -0.452 e. The van der Waals surface area contributed by atoms with Gasteiger partial charge in [0, 0.05) is 17.9 Å². The van der Waals surface area contributed by atoms with E-state index in [2.05, 4.69) is 15.2 Å². The number of nitrogens with two attached hydrogens (primary N) is 1. The number of aryl methyl sites for hydroxylation is 1. The van der Waals surface area contributed by atoms with Crippen molar-refractivity contribution < 1.29 is 27.1 Å². The lowest BCUT2D eigenvalue weighted by atomic mass is 9.81. The molecule has 2 heterocycles. The highest BCUT2D eigenvalue weighted by atomic mass is 19.3. The molecule has 1 aliphatic heterocycles. The summed E-state index contributed by atoms with van der Waals surface area (Å²) in [5.74, 6) is -5.72. The fraction of sp³-hybridized carbons (Fsp3) is 0.455. The molecule has 1 saturated carbocycles. The molecule has 6 nitrogen and oxygen atoms in total. The number of Topliss-reactive ketones (excluding diaryl/α,β-unsaturated/α-hetero) is 1. The first-order valence-corrected chi connectivity index (χ1v) is 10.2. The third-order valence-electron chi connectivity index (χ3n) is 5.92. The summed E-state index contributed by atoms with van der Waals surface area (Å²) in [4.78, 5) is 16.4. The first-order valence-electron chi connectivity index (χ1n) is 10.2. The van der Waals surface area contributed by atoms with E-state index in [4.69, 9.17) is 10.5 Å². The first kappa shape index (κ1) is 22.2. The number of aromatic nitrogens is 2. The van der Waals surface area contributed by atoms with Crippen LogP contribution in [0.1, 0.15) is 47.1 Å². The fourth-order valence-electron chi connectivity index (χ4n) is 3.88. The molecule has 1 aliphatic carbocycles. The number of amidine groups is 1. The van der Waals surface area contributed by atoms with Gasteiger partial charge in [0.05, 0.1) is 5.69 Å². The van der Waals surface area contributed by atoms with Gasteiger partial charge in [-0.05, 0) is 56.5 Å². The predicted molar refractivity (Wildman–Crippen MR) is 108 cm³/mol. The maximum absolute atomic E-state index is 15.5. The normalized spacial score (nSPS) is 25.8. The van der Waals surface area contributed by atoms with Crippen LogP contribution in [0.15, 0.2) is 35.3 Å². The molecule has 0 saturated heterocycles. The second-order valence-electron chi connectivity index (χ2n) is 8.46. The maximum Gasteiger partial charge on any atom is 0.290 e. The van der Waals surface area contributed by atoms with Crippen molar-refractivity contribution in [3.8, 4) is 0 Å². The predicted octanol–water partition coefficient (Wildman–Crippen LogP) is 3.66. The van der Waals surface area contributed by atoms with Crippen LogP contribution in [0.3, 0.4) is 0 Å². The second kappa shape index (κ2) is 7.83. The summed E-state index contributed by atoms with van der Waals surface area (Å²) in [7, 11) is 0. The highest BCUT2D eigenvalue weighted by Gasteiger charge is 2.62. The molecule has 10 heteroatoms. The number of hydrogen-bond donors (Lipinski definition) is 1. The molecule has 2 aliphatic rings. The van der Waals surface area contributed by atoms with Gasteiger partial charge in [-0.15, -0.1) is 5.10 Å². The van der Waals surface area contributed by atoms with E-state index in [0.29, 0.717) is 11.3 Å². The Morgan fingerprint density at radius 1 is 1.25 bits per heavy atom. The van der Waals surface area contributed by atoms with Crippen LogP contribution in [-0.2, 0) is 16.7 Å². The number of nitrogens with zero attached hydrogens (tertiary/aromatic N) is 3. The lowest BCUT2D eigenvalue weighted by molar-refractivity contribution is -0.161. The molecule has 2 N–H and O–H groups in total. The standard InChI is InChI=1S/C22H22F4N4O2/c1-11-3-8-16(30-29-11)17(31)10-12-4-7-15(23)14(9-12)21(2)18(24)19(32-20(27)28-21)22(25,26)13-5-6-13/h3-4,7-9,13,18-19H,5-6,10H2,1-2H3,(H2,27,28)/t18-,19-,21+/m0/s1. The molecule has 1 fully saturated rings. The van der Waals surface area contributed by atoms with Crippen molar-refractivity contribution in [2.45, 2.75) is 56.8 Å². The van der Waals surface area contributed by atoms with Crippen LogP contribution in [0.5, 0.6) is 0 Å². The van der Waals surface area contributed by atoms with Crippen LogP contribution in [0, 0.1) is 18.7 Å². The Hall–Kier alpha value is -3.04. The lowest BCUT2D eigenvalue weighted by Gasteiger charge is -2.41. The molecule has 0 radical (unpaired) electrons. The van der Waals surface area contributed by atoms with Crippen LogP contribution in [-0.4, -0.2) is 40.2 Å². The van der Waals surface area contributed by atoms with E-state index in [1.165, 1.54) is 25.1 Å². The van der Waals surface area contributed by atoms with E-state index in [0.717, 1.165) is 6.07 Å². The van der Waals surface area contributed by atoms with Crippen molar-refractivity contribution in [3.63, 3.8) is 0 Å². The maximum atomic E-state index is 15.5. The average Bonchev–Trinajstić information content (AvgIpc) is 3.58. The number of benzene rings is 1. The summed E-state index contributed by atoms with van der Waals surface area (Å²) < 4.78 is 64.6. The molecule has 0 bridgehead atoms. The Morgan fingerprint density at radius 2 is 1.97 bits per heavy atom. The molecule has 0 spiro atoms. The highest BCUT2D eigenvalue weighted by molar-refractivity contribution is 5.95. The van der Waals surface area contributed by atoms with Gasteiger partial charge in [-0.3, -0.25) is 4.79 Å². The van der Waals surface area contributed by atoms with Crippen molar-refractivity contribution in [2.75, 3.05) is 0 Å². The van der Waals surface area contributed by atoms with E-state index in [9.17, 15) is 18.0 Å². The number of carbonyl (C=O) groups is 1. The smallest absolute Gasteiger partial charge is 0.290 e. The molecule has 170 valence electrons. The van der Waals surface area contributed by atoms with Crippen LogP contribution in [0.25, 0.3) is 0 Å². The van der Waals surface area contributed by atoms with Gasteiger partial charge in [0.2, 0.25) is 0 Å². The third kappa shape index (κ3) is 3.93. The summed E-state index contributed by atoms with van der Waals surface area (Å²) in [5, 5.41) is 7.66. The Labute approximate surface area is 181 Å². The zero-order chi connectivity index (χ0) is 23.3. The van der Waals surface area contributed by atoms with E-state index >= 15 is 4.39 Å². The van der Waals surface area contributed by atoms with Gasteiger partial charge in [0.15, 0.2) is 18.1 Å². The molecule has 2 aromatic rings. The number of hydrogen-bond acceptors (Lipinski definition) is 6. The third-order valence-corrected chi connectivity index (χ3v) is 5.92. The van der Waals surface area contributed by atoms with E-state index in [-0.39, 0.29) is 36.3 Å². The fourth-order valence-corrected chi connectivity index (χ4v) is 3.88. The van der Waals surface area contributed by atoms with Gasteiger partial charge < -0.3 is 10.5 Å². The summed E-state index contributed by atoms with van der Waals surface area (Å²) in [6.07, 6.45) is -4.23. The van der Waals surface area contributed by atoms with Gasteiger partial charge in [0.25, 0.3) is 11.9 Å². The quantitative estimate of drug-likeness (QED) is 0.536. The van der Waals surface area contributed by atoms with Gasteiger partial charge in [-0.2, -0.15) is 5.10 Å². The number of halogens is 4. The van der Waals surface area contributed by atoms with Crippen molar-refractivity contribution in [2.24, 2.45) is 16.6 Å². The number of carbonyl (C=O) groups excluding carboxylic acids is 1. The molecular formula is C22H22F4N4O2. The van der Waals surface area contributed by atoms with Crippen LogP contribution in [0.4, 0.5) is 17.6 Å². The Balaban J connectivity index is 1.66. The van der Waals surface area contributed by atoms with Crippen LogP contribution in [0.2, 0.25) is 0 Å². The molecule has 1 aromatic carbocycles. The number of rotatable bonds is 6. The van der Waals surface area contributed by atoms with Gasteiger partial charge in [0.1, 0.15) is 17.1 Å². The van der Waals surface area contributed by atoms with E-state index < -0.39 is 41.5 Å². The molecule has 0 unspecified atom stereocenters. The molecule has 32 heavy (non-hydrogen) atoms. The van der Waals surface area contributed by atoms with Gasteiger partial charge in [-0.1, -0.05) is 6.07 Å².